The Labute approximate surface area is 223 Å². The molecule has 1 amide bonds. The summed E-state index contributed by atoms with van der Waals surface area (Å²) in [4.78, 5) is 16.5. The average Bonchev–Trinajstić information content (AvgIpc) is 2.87. The van der Waals surface area contributed by atoms with Crippen molar-refractivity contribution in [3.8, 4) is 0 Å². The highest BCUT2D eigenvalue weighted by molar-refractivity contribution is 7.93. The molecule has 1 aliphatic rings. The number of aryl methyl sites for hydroxylation is 3. The number of carbonyl (C=O) groups excluding carboxylic acids is 1. The Kier molecular flexibility index (Phi) is 13.7. The van der Waals surface area contributed by atoms with E-state index >= 15 is 0 Å². The molecule has 206 valence electrons. The fourth-order valence-electron chi connectivity index (χ4n) is 3.80. The highest BCUT2D eigenvalue weighted by Gasteiger charge is 2.52. The highest BCUT2D eigenvalue weighted by atomic mass is 32.2. The van der Waals surface area contributed by atoms with Gasteiger partial charge in [-0.3, -0.25) is 15.0 Å². The lowest BCUT2D eigenvalue weighted by atomic mass is 9.98. The second-order valence-corrected chi connectivity index (χ2v) is 11.8. The van der Waals surface area contributed by atoms with Crippen LogP contribution in [0.25, 0.3) is 0 Å². The summed E-state index contributed by atoms with van der Waals surface area (Å²) < 4.78 is 29.1. The molecule has 37 heavy (non-hydrogen) atoms. The van der Waals surface area contributed by atoms with Gasteiger partial charge in [-0.05, 0) is 76.8 Å². The summed E-state index contributed by atoms with van der Waals surface area (Å²) in [5, 5.41) is 8.90. The molecule has 2 aromatic carbocycles. The number of rotatable bonds is 6. The number of benzene rings is 2. The smallest absolute Gasteiger partial charge is 0.265 e. The minimum absolute atomic E-state index is 0.0234. The van der Waals surface area contributed by atoms with E-state index < -0.39 is 20.5 Å². The first kappa shape index (κ1) is 32.5. The van der Waals surface area contributed by atoms with Gasteiger partial charge in [-0.2, -0.15) is 0 Å². The van der Waals surface area contributed by atoms with Gasteiger partial charge in [0.15, 0.2) is 14.6 Å². The van der Waals surface area contributed by atoms with Crippen molar-refractivity contribution in [3.05, 3.63) is 59.2 Å². The number of hydrogen-bond acceptors (Lipinski definition) is 6. The van der Waals surface area contributed by atoms with Gasteiger partial charge in [0.1, 0.15) is 0 Å². The molecule has 1 fully saturated rings. The molecule has 0 unspecified atom stereocenters. The van der Waals surface area contributed by atoms with Crippen molar-refractivity contribution in [2.24, 2.45) is 4.99 Å². The molecule has 1 saturated heterocycles. The minimum atomic E-state index is -3.90. The number of aliphatic imine (C=N–C) groups is 1. The number of nitrogens with zero attached hydrogens (tertiary/aromatic N) is 1. The number of hydrogen-bond donors (Lipinski definition) is 2. The monoisotopic (exact) mass is 532 g/mol. The van der Waals surface area contributed by atoms with Crippen LogP contribution in [0.5, 0.6) is 0 Å². The normalized spacial score (nSPS) is 14.3. The molecule has 0 radical (unpaired) electrons. The maximum atomic E-state index is 12.8. The van der Waals surface area contributed by atoms with Crippen molar-refractivity contribution < 1.29 is 23.2 Å². The molecule has 0 saturated carbocycles. The quantitative estimate of drug-likeness (QED) is 0.253. The third kappa shape index (κ3) is 9.36. The predicted molar refractivity (Wildman–Crippen MR) is 151 cm³/mol. The van der Waals surface area contributed by atoms with Crippen LogP contribution in [0.2, 0.25) is 0 Å². The van der Waals surface area contributed by atoms with E-state index in [1.54, 1.807) is 12.1 Å². The highest BCUT2D eigenvalue weighted by Crippen LogP contribution is 2.35. The molecule has 0 spiro atoms. The van der Waals surface area contributed by atoms with Crippen LogP contribution in [0.4, 0.5) is 5.69 Å². The molecule has 1 heterocycles. The Morgan fingerprint density at radius 2 is 1.51 bits per heavy atom. The Morgan fingerprint density at radius 1 is 0.973 bits per heavy atom. The Bertz CT molecular complexity index is 1110. The first-order valence-corrected chi connectivity index (χ1v) is 14.4. The number of hydroxylamine groups is 1. The molecule has 2 aromatic rings. The first-order chi connectivity index (χ1) is 17.4. The van der Waals surface area contributed by atoms with Crippen LogP contribution in [0.1, 0.15) is 76.5 Å². The lowest BCUT2D eigenvalue weighted by Gasteiger charge is -2.34. The van der Waals surface area contributed by atoms with Crippen LogP contribution in [0.3, 0.4) is 0 Å². The molecule has 2 N–H and O–H groups in total. The SMILES string of the molecule is CC(C)=Nc1cc(C)ccc1C.CCCCC.Cc1ccc(S(=O)(=O)C2(C(=O)NO)CCOCC2)cc1. The summed E-state index contributed by atoms with van der Waals surface area (Å²) in [6, 6.07) is 12.6. The van der Waals surface area contributed by atoms with E-state index in [0.717, 1.165) is 17.0 Å². The van der Waals surface area contributed by atoms with Crippen LogP contribution < -0.4 is 5.48 Å². The van der Waals surface area contributed by atoms with E-state index in [2.05, 4.69) is 50.9 Å². The topological polar surface area (TPSA) is 105 Å². The van der Waals surface area contributed by atoms with Gasteiger partial charge in [0.25, 0.3) is 5.91 Å². The lowest BCUT2D eigenvalue weighted by Crippen LogP contribution is -2.54. The summed E-state index contributed by atoms with van der Waals surface area (Å²) >= 11 is 0. The van der Waals surface area contributed by atoms with E-state index in [1.165, 1.54) is 48.0 Å². The average molecular weight is 533 g/mol. The third-order valence-electron chi connectivity index (χ3n) is 6.08. The molecule has 7 nitrogen and oxygen atoms in total. The van der Waals surface area contributed by atoms with Crippen LogP contribution in [-0.4, -0.2) is 43.2 Å². The van der Waals surface area contributed by atoms with Crippen molar-refractivity contribution >= 4 is 27.1 Å². The molecule has 8 heteroatoms. The van der Waals surface area contributed by atoms with Crippen molar-refractivity contribution in [1.29, 1.82) is 0 Å². The fourth-order valence-corrected chi connectivity index (χ4v) is 5.74. The van der Waals surface area contributed by atoms with E-state index in [4.69, 9.17) is 9.94 Å². The standard InChI is InChI=1S/C13H17NO5S.C11H15N.C5H12/c1-10-2-4-11(5-3-10)20(17,18)13(12(15)14-16)6-8-19-9-7-13;1-8(2)12-11-7-9(3)5-6-10(11)4;1-3-5-4-2/h2-5,16H,6-9H2,1H3,(H,14,15);5-7H,1-4H3;3-5H2,1-2H3. The summed E-state index contributed by atoms with van der Waals surface area (Å²) in [5.41, 5.74) is 7.11. The molecular formula is C29H44N2O5S. The maximum Gasteiger partial charge on any atom is 0.265 e. The molecule has 0 aromatic heterocycles. The van der Waals surface area contributed by atoms with Gasteiger partial charge in [0.2, 0.25) is 0 Å². The number of ether oxygens (including phenoxy) is 1. The van der Waals surface area contributed by atoms with E-state index in [0.29, 0.717) is 0 Å². The molecule has 0 aliphatic carbocycles. The molecule has 0 bridgehead atoms. The van der Waals surface area contributed by atoms with Gasteiger partial charge < -0.3 is 4.74 Å². The van der Waals surface area contributed by atoms with Crippen LogP contribution in [0.15, 0.2) is 52.4 Å². The molecule has 3 rings (SSSR count). The van der Waals surface area contributed by atoms with Crippen LogP contribution >= 0.6 is 0 Å². The van der Waals surface area contributed by atoms with Crippen LogP contribution in [-0.2, 0) is 19.4 Å². The zero-order valence-corrected chi connectivity index (χ0v) is 24.2. The van der Waals surface area contributed by atoms with Crippen molar-refractivity contribution in [2.75, 3.05) is 13.2 Å². The first-order valence-electron chi connectivity index (χ1n) is 12.9. The minimum Gasteiger partial charge on any atom is -0.381 e. The van der Waals surface area contributed by atoms with Crippen molar-refractivity contribution in [1.82, 2.24) is 5.48 Å². The second kappa shape index (κ2) is 15.6. The van der Waals surface area contributed by atoms with E-state index in [-0.39, 0.29) is 31.0 Å². The van der Waals surface area contributed by atoms with Crippen molar-refractivity contribution in [2.45, 2.75) is 90.2 Å². The van der Waals surface area contributed by atoms with E-state index in [9.17, 15) is 13.2 Å². The lowest BCUT2D eigenvalue weighted by molar-refractivity contribution is -0.134. The van der Waals surface area contributed by atoms with Gasteiger partial charge in [-0.25, -0.2) is 13.9 Å². The van der Waals surface area contributed by atoms with E-state index in [1.807, 2.05) is 20.8 Å². The zero-order chi connectivity index (χ0) is 28.1. The van der Waals surface area contributed by atoms with Gasteiger partial charge >= 0.3 is 0 Å². The van der Waals surface area contributed by atoms with Gasteiger partial charge in [0, 0.05) is 18.9 Å². The molecule has 1 aliphatic heterocycles. The molecule has 0 atom stereocenters. The summed E-state index contributed by atoms with van der Waals surface area (Å²) in [7, 11) is -3.90. The number of carbonyl (C=O) groups is 1. The summed E-state index contributed by atoms with van der Waals surface area (Å²) in [6.07, 6.45) is 4.12. The predicted octanol–water partition coefficient (Wildman–Crippen LogP) is 6.44. The Balaban J connectivity index is 0.000000340. The third-order valence-corrected chi connectivity index (χ3v) is 8.59. The Hall–Kier alpha value is -2.55. The summed E-state index contributed by atoms with van der Waals surface area (Å²) in [5.74, 6) is -0.902. The largest absolute Gasteiger partial charge is 0.381 e. The summed E-state index contributed by atoms with van der Waals surface area (Å²) in [6.45, 7) is 14.8. The van der Waals surface area contributed by atoms with Gasteiger partial charge in [-0.1, -0.05) is 62.9 Å². The fraction of sp³-hybridized carbons (Fsp3) is 0.517. The van der Waals surface area contributed by atoms with Crippen molar-refractivity contribution in [3.63, 3.8) is 0 Å². The van der Waals surface area contributed by atoms with Crippen LogP contribution in [0, 0.1) is 20.8 Å². The number of nitrogens with one attached hydrogen (secondary N) is 1. The Morgan fingerprint density at radius 3 is 1.97 bits per heavy atom. The molecular weight excluding hydrogens is 488 g/mol. The van der Waals surface area contributed by atoms with Gasteiger partial charge in [-0.15, -0.1) is 0 Å². The van der Waals surface area contributed by atoms with Gasteiger partial charge in [0.05, 0.1) is 10.6 Å². The maximum absolute atomic E-state index is 12.8. The zero-order valence-electron chi connectivity index (χ0n) is 23.4. The number of unbranched alkanes of at least 4 members (excludes halogenated alkanes) is 2. The number of amides is 1. The second-order valence-electron chi connectivity index (χ2n) is 9.57. The number of sulfone groups is 1.